The van der Waals surface area contributed by atoms with Crippen LogP contribution in [0.5, 0.6) is 0 Å². The Kier molecular flexibility index (Phi) is 11.1. The molecule has 0 amide bonds. The Bertz CT molecular complexity index is 1670. The second-order valence-corrected chi connectivity index (χ2v) is 32.3. The molecular formula is C34H61N7O6Si3. The highest BCUT2D eigenvalue weighted by Gasteiger charge is 2.55. The van der Waals surface area contributed by atoms with Crippen molar-refractivity contribution in [2.75, 3.05) is 18.9 Å². The molecule has 0 aromatic carbocycles. The predicted molar refractivity (Wildman–Crippen MR) is 204 cm³/mol. The second-order valence-electron chi connectivity index (χ2n) is 17.9. The zero-order valence-electron chi connectivity index (χ0n) is 33.2. The minimum atomic E-state index is -2.39. The highest BCUT2D eigenvalue weighted by Crippen LogP contribution is 2.47. The van der Waals surface area contributed by atoms with E-state index in [4.69, 9.17) is 33.5 Å². The van der Waals surface area contributed by atoms with Crippen LogP contribution < -0.4 is 5.73 Å². The van der Waals surface area contributed by atoms with Crippen LogP contribution in [0.4, 0.5) is 5.82 Å². The summed E-state index contributed by atoms with van der Waals surface area (Å²) in [5.41, 5.74) is 7.63. The number of rotatable bonds is 11. The van der Waals surface area contributed by atoms with Gasteiger partial charge in [0, 0.05) is 6.20 Å². The smallest absolute Gasteiger partial charge is 0.341 e. The number of anilines is 1. The van der Waals surface area contributed by atoms with Gasteiger partial charge in [-0.1, -0.05) is 62.3 Å². The number of ether oxygens (including phenoxy) is 2. The third-order valence-corrected chi connectivity index (χ3v) is 24.6. The number of nitrogen functional groups attached to an aromatic ring is 1. The van der Waals surface area contributed by atoms with E-state index in [2.05, 4.69) is 117 Å². The molecule has 0 bridgehead atoms. The summed E-state index contributed by atoms with van der Waals surface area (Å²) in [5, 5.41) is 4.20. The average molecular weight is 748 g/mol. The zero-order valence-corrected chi connectivity index (χ0v) is 36.2. The number of imidazole rings is 1. The summed E-state index contributed by atoms with van der Waals surface area (Å²) in [6, 6.07) is 0. The van der Waals surface area contributed by atoms with Crippen LogP contribution >= 0.6 is 0 Å². The first-order valence-electron chi connectivity index (χ1n) is 17.6. The number of carbonyl (C=O) groups excluding carboxylic acids is 1. The number of hydrogen-bond donors (Lipinski definition) is 1. The van der Waals surface area contributed by atoms with E-state index in [-0.39, 0.29) is 39.1 Å². The molecule has 1 aliphatic heterocycles. The van der Waals surface area contributed by atoms with Crippen molar-refractivity contribution in [1.29, 1.82) is 0 Å². The minimum absolute atomic E-state index is 0.0167. The normalized spacial score (nSPS) is 21.3. The van der Waals surface area contributed by atoms with Crippen LogP contribution in [-0.4, -0.2) is 91.7 Å². The van der Waals surface area contributed by atoms with E-state index in [1.807, 2.05) is 4.57 Å². The fourth-order valence-corrected chi connectivity index (χ4v) is 8.46. The van der Waals surface area contributed by atoms with Gasteiger partial charge in [0.15, 0.2) is 42.6 Å². The summed E-state index contributed by atoms with van der Waals surface area (Å²) < 4.78 is 36.9. The molecule has 2 N–H and O–H groups in total. The van der Waals surface area contributed by atoms with Crippen molar-refractivity contribution in [2.24, 2.45) is 0 Å². The molecule has 0 saturated carbocycles. The molecule has 0 radical (unpaired) electrons. The first-order chi connectivity index (χ1) is 22.7. The summed E-state index contributed by atoms with van der Waals surface area (Å²) in [4.78, 5) is 26.3. The molecule has 4 atom stereocenters. The minimum Gasteiger partial charge on any atom is -0.462 e. The van der Waals surface area contributed by atoms with Crippen LogP contribution in [0.15, 0.2) is 18.7 Å². The molecule has 4 rings (SSSR count). The third-order valence-electron chi connectivity index (χ3n) is 11.2. The Morgan fingerprint density at radius 2 is 1.44 bits per heavy atom. The highest BCUT2D eigenvalue weighted by molar-refractivity contribution is 6.75. The van der Waals surface area contributed by atoms with Gasteiger partial charge in [-0.2, -0.15) is 15.1 Å². The van der Waals surface area contributed by atoms with Gasteiger partial charge in [-0.15, -0.1) is 0 Å². The van der Waals surface area contributed by atoms with Gasteiger partial charge in [-0.3, -0.25) is 4.57 Å². The Labute approximate surface area is 301 Å². The number of hydrogen-bond acceptors (Lipinski definition) is 11. The quantitative estimate of drug-likeness (QED) is 0.154. The van der Waals surface area contributed by atoms with Crippen LogP contribution in [0.3, 0.4) is 0 Å². The number of aromatic nitrogens is 6. The van der Waals surface area contributed by atoms with E-state index in [1.165, 1.54) is 17.1 Å². The van der Waals surface area contributed by atoms with Gasteiger partial charge in [0.2, 0.25) is 0 Å². The summed E-state index contributed by atoms with van der Waals surface area (Å²) in [7, 11) is -6.87. The number of nitrogens with zero attached hydrogens (tertiary/aromatic N) is 6. The number of nitrogens with two attached hydrogens (primary N) is 1. The van der Waals surface area contributed by atoms with E-state index in [9.17, 15) is 4.79 Å². The summed E-state index contributed by atoms with van der Waals surface area (Å²) in [6.45, 7) is 36.0. The summed E-state index contributed by atoms with van der Waals surface area (Å²) >= 11 is 0. The van der Waals surface area contributed by atoms with Crippen molar-refractivity contribution in [3.8, 4) is 5.95 Å². The van der Waals surface area contributed by atoms with Crippen molar-refractivity contribution in [1.82, 2.24) is 29.3 Å². The molecule has 3 aromatic heterocycles. The maximum absolute atomic E-state index is 12.4. The molecule has 3 unspecified atom stereocenters. The molecule has 0 spiro atoms. The molecule has 1 saturated heterocycles. The lowest BCUT2D eigenvalue weighted by Gasteiger charge is -2.44. The van der Waals surface area contributed by atoms with Gasteiger partial charge in [0.1, 0.15) is 23.8 Å². The van der Waals surface area contributed by atoms with E-state index in [0.717, 1.165) is 0 Å². The molecule has 4 heterocycles. The van der Waals surface area contributed by atoms with Crippen LogP contribution in [0.25, 0.3) is 17.1 Å². The lowest BCUT2D eigenvalue weighted by Crippen LogP contribution is -2.54. The Morgan fingerprint density at radius 3 is 1.98 bits per heavy atom. The Hall–Kier alpha value is -2.48. The first kappa shape index (κ1) is 40.3. The molecule has 50 heavy (non-hydrogen) atoms. The SMILES string of the molecule is CCOC(=O)c1cnn(-c2nc(N)c3ncn(C4O[C@H](CO[Si](C)(C)C(C)(C)C)C(O[Si](C)(C)C(C)(C)C)C4O[Si](C)(C)C(C)(C)C)c3n2)c1. The van der Waals surface area contributed by atoms with Gasteiger partial charge in [0.25, 0.3) is 5.95 Å². The van der Waals surface area contributed by atoms with Crippen molar-refractivity contribution in [3.63, 3.8) is 0 Å². The van der Waals surface area contributed by atoms with Gasteiger partial charge in [-0.25, -0.2) is 14.5 Å². The maximum atomic E-state index is 12.4. The third kappa shape index (κ3) is 8.10. The fourth-order valence-electron chi connectivity index (χ4n) is 4.84. The van der Waals surface area contributed by atoms with Crippen LogP contribution in [0, 0.1) is 0 Å². The molecule has 1 fully saturated rings. The van der Waals surface area contributed by atoms with E-state index in [0.29, 0.717) is 17.8 Å². The van der Waals surface area contributed by atoms with E-state index < -0.39 is 55.5 Å². The topological polar surface area (TPSA) is 151 Å². The second kappa shape index (κ2) is 13.8. The molecular weight excluding hydrogens is 687 g/mol. The molecule has 13 nitrogen and oxygen atoms in total. The number of fused-ring (bicyclic) bond motifs is 1. The largest absolute Gasteiger partial charge is 0.462 e. The van der Waals surface area contributed by atoms with Crippen molar-refractivity contribution in [3.05, 3.63) is 24.3 Å². The van der Waals surface area contributed by atoms with Crippen molar-refractivity contribution < 1.29 is 27.5 Å². The van der Waals surface area contributed by atoms with Gasteiger partial charge in [0.05, 0.1) is 31.3 Å². The monoisotopic (exact) mass is 747 g/mol. The Morgan fingerprint density at radius 1 is 0.880 bits per heavy atom. The van der Waals surface area contributed by atoms with Crippen molar-refractivity contribution in [2.45, 2.75) is 148 Å². The lowest BCUT2D eigenvalue weighted by atomic mass is 10.1. The fraction of sp³-hybridized carbons (Fsp3) is 0.735. The van der Waals surface area contributed by atoms with E-state index in [1.54, 1.807) is 13.3 Å². The maximum Gasteiger partial charge on any atom is 0.341 e. The van der Waals surface area contributed by atoms with Gasteiger partial charge in [-0.05, 0) is 61.3 Å². The average Bonchev–Trinajstić information content (AvgIpc) is 3.68. The van der Waals surface area contributed by atoms with Crippen molar-refractivity contribution >= 4 is 47.9 Å². The van der Waals surface area contributed by atoms with E-state index >= 15 is 0 Å². The van der Waals surface area contributed by atoms with Crippen LogP contribution in [-0.2, 0) is 22.8 Å². The first-order valence-corrected chi connectivity index (χ1v) is 26.3. The lowest BCUT2D eigenvalue weighted by molar-refractivity contribution is -0.0470. The summed E-state index contributed by atoms with van der Waals surface area (Å²) in [5.74, 6) is -0.135. The number of esters is 1. The molecule has 16 heteroatoms. The predicted octanol–water partition coefficient (Wildman–Crippen LogP) is 7.47. The standard InChI is InChI=1S/C34H61N7O6Si3/c1-17-43-30(42)22-18-37-41(19-22)31-38-27(35)24-28(39-31)40(21-36-24)29-26(47-50(15,16)34(8,9)10)25(46-49(13,14)33(5,6)7)23(45-29)20-44-48(11,12)32(2,3)4/h18-19,21,23,25-26,29H,17,20H2,1-16H3,(H2,35,38,39)/t23-,25?,26?,29?/m1/s1. The molecule has 1 aliphatic rings. The highest BCUT2D eigenvalue weighted by atomic mass is 28.4. The van der Waals surface area contributed by atoms with Crippen LogP contribution in [0.2, 0.25) is 54.4 Å². The van der Waals surface area contributed by atoms with Gasteiger partial charge >= 0.3 is 5.97 Å². The molecule has 280 valence electrons. The van der Waals surface area contributed by atoms with Gasteiger partial charge < -0.3 is 28.5 Å². The molecule has 0 aliphatic carbocycles. The number of carbonyl (C=O) groups is 1. The zero-order chi connectivity index (χ0) is 37.8. The Balaban J connectivity index is 1.87. The molecule has 3 aromatic rings. The van der Waals surface area contributed by atoms with Crippen LogP contribution in [0.1, 0.15) is 85.8 Å². The summed E-state index contributed by atoms with van der Waals surface area (Å²) in [6.07, 6.45) is 2.60.